The zero-order valence-electron chi connectivity index (χ0n) is 29.7. The molecule has 9 heteroatoms. The molecule has 9 nitrogen and oxygen atoms in total. The Balaban J connectivity index is 1.69. The third-order valence-corrected chi connectivity index (χ3v) is 5.17. The lowest BCUT2D eigenvalue weighted by atomic mass is 10.0. The molecule has 3 aromatic heterocycles. The second kappa shape index (κ2) is 8.90. The SMILES string of the molecule is [2H]C([2H])([2H])c1c(C(C)=O)c(=O)n(C2([2H])C([2H])([2H])CCC2([2H])[2H])c2nc(Nc3ccc(N4C([2H])([2H])CNCC4([2H])[2H])cn3)ncc12. The van der Waals surface area contributed by atoms with E-state index in [9.17, 15) is 9.59 Å². The van der Waals surface area contributed by atoms with Crippen molar-refractivity contribution in [3.8, 4) is 0 Å². The van der Waals surface area contributed by atoms with Gasteiger partial charge >= 0.3 is 0 Å². The maximum atomic E-state index is 13.9. The maximum absolute atomic E-state index is 13.9. The highest BCUT2D eigenvalue weighted by Crippen LogP contribution is 2.32. The molecule has 0 unspecified atom stereocenters. The summed E-state index contributed by atoms with van der Waals surface area (Å²) in [7, 11) is 0. The van der Waals surface area contributed by atoms with Gasteiger partial charge in [0.2, 0.25) is 5.95 Å². The van der Waals surface area contributed by atoms with Crippen LogP contribution < -0.4 is 21.1 Å². The lowest BCUT2D eigenvalue weighted by Crippen LogP contribution is -2.43. The second-order valence-corrected chi connectivity index (χ2v) is 7.36. The molecule has 0 spiro atoms. The number of rotatable bonds is 5. The van der Waals surface area contributed by atoms with Crippen molar-refractivity contribution in [2.75, 3.05) is 36.3 Å². The highest BCUT2D eigenvalue weighted by molar-refractivity contribution is 5.99. The second-order valence-electron chi connectivity index (χ2n) is 7.36. The van der Waals surface area contributed by atoms with Gasteiger partial charge in [-0.2, -0.15) is 4.98 Å². The van der Waals surface area contributed by atoms with E-state index in [1.54, 1.807) is 0 Å². The number of nitrogens with one attached hydrogen (secondary N) is 2. The Labute approximate surface area is 209 Å². The third-order valence-electron chi connectivity index (χ3n) is 5.17. The number of pyridine rings is 2. The van der Waals surface area contributed by atoms with E-state index in [0.29, 0.717) is 4.57 Å². The number of carbonyl (C=O) groups excluding carboxylic acids is 1. The Morgan fingerprint density at radius 3 is 2.70 bits per heavy atom. The lowest BCUT2D eigenvalue weighted by Gasteiger charge is -2.29. The number of carbonyl (C=O) groups is 1. The number of hydrogen-bond acceptors (Lipinski definition) is 8. The minimum atomic E-state index is -3.05. The monoisotopic (exact) mass is 459 g/mol. The molecular weight excluding hydrogens is 418 g/mol. The van der Waals surface area contributed by atoms with Crippen LogP contribution in [-0.4, -0.2) is 51.4 Å². The molecule has 3 aromatic rings. The molecule has 0 radical (unpaired) electrons. The van der Waals surface area contributed by atoms with Crippen molar-refractivity contribution < 1.29 is 21.2 Å². The summed E-state index contributed by atoms with van der Waals surface area (Å²) in [6, 6.07) is -0.184. The Morgan fingerprint density at radius 2 is 2.03 bits per heavy atom. The molecule has 1 aliphatic carbocycles. The Bertz CT molecular complexity index is 1710. The largest absolute Gasteiger partial charge is 0.368 e. The van der Waals surface area contributed by atoms with Gasteiger partial charge in [0.15, 0.2) is 5.78 Å². The molecular formula is C24H29N7O2. The normalized spacial score (nSPS) is 29.8. The first-order chi connectivity index (χ1) is 20.6. The van der Waals surface area contributed by atoms with Crippen LogP contribution in [0.3, 0.4) is 0 Å². The average Bonchev–Trinajstić information content (AvgIpc) is 3.06. The van der Waals surface area contributed by atoms with Crippen LogP contribution in [0.4, 0.5) is 17.5 Å². The van der Waals surface area contributed by atoms with Gasteiger partial charge in [-0.25, -0.2) is 9.97 Å². The van der Waals surface area contributed by atoms with Crippen LogP contribution in [0, 0.1) is 6.85 Å². The van der Waals surface area contributed by atoms with Crippen molar-refractivity contribution >= 4 is 34.3 Å². The molecule has 2 N–H and O–H groups in total. The number of ketones is 1. The van der Waals surface area contributed by atoms with Gasteiger partial charge in [0, 0.05) is 53.3 Å². The molecule has 0 bridgehead atoms. The van der Waals surface area contributed by atoms with Gasteiger partial charge in [0.05, 0.1) is 24.3 Å². The van der Waals surface area contributed by atoms with Crippen LogP contribution >= 0.6 is 0 Å². The zero-order valence-corrected chi connectivity index (χ0v) is 17.7. The first-order valence-electron chi connectivity index (χ1n) is 16.3. The van der Waals surface area contributed by atoms with Crippen molar-refractivity contribution in [3.05, 3.63) is 46.0 Å². The van der Waals surface area contributed by atoms with Gasteiger partial charge in [-0.15, -0.1) is 0 Å². The van der Waals surface area contributed by atoms with Gasteiger partial charge in [0.1, 0.15) is 11.5 Å². The van der Waals surface area contributed by atoms with Gasteiger partial charge < -0.3 is 15.5 Å². The first-order valence-corrected chi connectivity index (χ1v) is 10.3. The van der Waals surface area contributed by atoms with Crippen molar-refractivity contribution in [3.63, 3.8) is 0 Å². The molecule has 5 rings (SSSR count). The maximum Gasteiger partial charge on any atom is 0.263 e. The zero-order chi connectivity index (χ0) is 33.5. The predicted molar refractivity (Wildman–Crippen MR) is 129 cm³/mol. The summed E-state index contributed by atoms with van der Waals surface area (Å²) in [6.07, 6.45) is -3.97. The van der Waals surface area contributed by atoms with Crippen molar-refractivity contribution in [2.24, 2.45) is 0 Å². The van der Waals surface area contributed by atoms with Crippen LogP contribution in [0.15, 0.2) is 29.3 Å². The number of aromatic nitrogens is 4. The van der Waals surface area contributed by atoms with E-state index in [-0.39, 0.29) is 35.9 Å². The smallest absolute Gasteiger partial charge is 0.263 e. The van der Waals surface area contributed by atoms with E-state index in [4.69, 9.17) is 16.4 Å². The fourth-order valence-corrected chi connectivity index (χ4v) is 3.62. The van der Waals surface area contributed by atoms with Crippen LogP contribution in [0.5, 0.6) is 0 Å². The molecule has 2 aliphatic rings. The Kier molecular flexibility index (Phi) is 3.15. The molecule has 1 aliphatic heterocycles. The van der Waals surface area contributed by atoms with Crippen molar-refractivity contribution in [1.29, 1.82) is 0 Å². The van der Waals surface area contributed by atoms with E-state index in [0.717, 1.165) is 18.0 Å². The molecule has 0 atom stereocenters. The Hall–Kier alpha value is -3.33. The number of piperazine rings is 1. The third kappa shape index (κ3) is 4.08. The molecule has 1 saturated carbocycles. The molecule has 1 saturated heterocycles. The van der Waals surface area contributed by atoms with Crippen molar-refractivity contribution in [2.45, 2.75) is 45.4 Å². The minimum Gasteiger partial charge on any atom is -0.368 e. The van der Waals surface area contributed by atoms with Crippen LogP contribution in [-0.2, 0) is 0 Å². The van der Waals surface area contributed by atoms with Crippen LogP contribution in [0.2, 0.25) is 0 Å². The van der Waals surface area contributed by atoms with Gasteiger partial charge in [-0.3, -0.25) is 14.2 Å². The quantitative estimate of drug-likeness (QED) is 0.561. The Morgan fingerprint density at radius 1 is 1.24 bits per heavy atom. The fraction of sp³-hybridized carbons (Fsp3) is 0.458. The molecule has 4 heterocycles. The van der Waals surface area contributed by atoms with Gasteiger partial charge in [0.25, 0.3) is 5.56 Å². The summed E-state index contributed by atoms with van der Waals surface area (Å²) in [5.41, 5.74) is -3.38. The highest BCUT2D eigenvalue weighted by atomic mass is 16.1. The summed E-state index contributed by atoms with van der Waals surface area (Å²) in [5.74, 6) is -1.22. The molecule has 172 valence electrons. The summed E-state index contributed by atoms with van der Waals surface area (Å²) >= 11 is 0. The summed E-state index contributed by atoms with van der Waals surface area (Å²) in [6.45, 7) is -6.52. The predicted octanol–water partition coefficient (Wildman–Crippen LogP) is 2.97. The number of aryl methyl sites for hydroxylation is 1. The number of anilines is 3. The van der Waals surface area contributed by atoms with E-state index in [1.807, 2.05) is 0 Å². The summed E-state index contributed by atoms with van der Waals surface area (Å²) in [4.78, 5) is 40.0. The number of hydrogen-bond donors (Lipinski definition) is 2. The molecule has 0 amide bonds. The van der Waals surface area contributed by atoms with E-state index >= 15 is 0 Å². The van der Waals surface area contributed by atoms with Gasteiger partial charge in [-0.05, 0) is 44.2 Å². The van der Waals surface area contributed by atoms with E-state index < -0.39 is 79.6 Å². The fourth-order valence-electron chi connectivity index (χ4n) is 3.62. The summed E-state index contributed by atoms with van der Waals surface area (Å²) < 4.78 is 101. The topological polar surface area (TPSA) is 105 Å². The molecule has 0 aromatic carbocycles. The molecule has 33 heavy (non-hydrogen) atoms. The molecule has 2 fully saturated rings. The summed E-state index contributed by atoms with van der Waals surface area (Å²) in [5, 5.41) is 5.07. The minimum absolute atomic E-state index is 0.0618. The standard InChI is InChI=1S/C24H29N7O2/c1-15-19-14-27-24(28-20-8-7-18(13-26-20)30-11-9-25-10-12-30)29-22(19)31(17-5-3-4-6-17)23(33)21(15)16(2)32/h7-8,13-14,17,25H,3-6,9-12H2,1-2H3,(H,26,27,28,29)/i1D3,5D2,6D2,11D2,12D2,17D. The first kappa shape index (κ1) is 11.7. The van der Waals surface area contributed by atoms with Crippen LogP contribution in [0.25, 0.3) is 11.0 Å². The van der Waals surface area contributed by atoms with Gasteiger partial charge in [-0.1, -0.05) is 12.8 Å². The number of nitrogens with zero attached hydrogens (tertiary/aromatic N) is 5. The van der Waals surface area contributed by atoms with E-state index in [2.05, 4.69) is 25.6 Å². The van der Waals surface area contributed by atoms with Crippen LogP contribution in [0.1, 0.15) is 70.9 Å². The number of Topliss-reactive ketones (excluding diaryl/α,β-unsaturated/α-hetero) is 1. The van der Waals surface area contributed by atoms with Crippen molar-refractivity contribution in [1.82, 2.24) is 24.8 Å². The lowest BCUT2D eigenvalue weighted by molar-refractivity contribution is 0.101. The van der Waals surface area contributed by atoms with E-state index in [1.165, 1.54) is 18.3 Å². The highest BCUT2D eigenvalue weighted by Gasteiger charge is 2.25. The number of fused-ring (bicyclic) bond motifs is 1. The average molecular weight is 460 g/mol.